The molecule has 2 aliphatic heterocycles. The molecule has 31 heavy (non-hydrogen) atoms. The molecule has 0 saturated carbocycles. The summed E-state index contributed by atoms with van der Waals surface area (Å²) in [5.41, 5.74) is 1.47. The Morgan fingerprint density at radius 1 is 1.06 bits per heavy atom. The summed E-state index contributed by atoms with van der Waals surface area (Å²) in [6.45, 7) is 3.62. The van der Waals surface area contributed by atoms with Crippen molar-refractivity contribution in [3.05, 3.63) is 58.9 Å². The average molecular weight is 444 g/mol. The van der Waals surface area contributed by atoms with Crippen LogP contribution in [0.2, 0.25) is 5.02 Å². The van der Waals surface area contributed by atoms with Crippen molar-refractivity contribution in [2.75, 3.05) is 42.5 Å². The highest BCUT2D eigenvalue weighted by Gasteiger charge is 2.38. The molecule has 0 bridgehead atoms. The van der Waals surface area contributed by atoms with Gasteiger partial charge in [-0.1, -0.05) is 17.7 Å². The smallest absolute Gasteiger partial charge is 0.228 e. The van der Waals surface area contributed by atoms with Crippen molar-refractivity contribution in [3.8, 4) is 0 Å². The molecule has 0 aromatic heterocycles. The first kappa shape index (κ1) is 21.3. The van der Waals surface area contributed by atoms with Crippen LogP contribution in [0.15, 0.2) is 42.5 Å². The third-order valence-electron chi connectivity index (χ3n) is 5.88. The van der Waals surface area contributed by atoms with Crippen molar-refractivity contribution in [1.29, 1.82) is 0 Å². The first-order chi connectivity index (χ1) is 14.8. The van der Waals surface area contributed by atoms with Crippen LogP contribution in [0.1, 0.15) is 23.7 Å². The fourth-order valence-electron chi connectivity index (χ4n) is 4.17. The summed E-state index contributed by atoms with van der Waals surface area (Å²) in [5, 5.41) is 0.541. The van der Waals surface area contributed by atoms with Gasteiger partial charge in [-0.25, -0.2) is 4.39 Å². The second-order valence-corrected chi connectivity index (χ2v) is 8.36. The summed E-state index contributed by atoms with van der Waals surface area (Å²) in [5.74, 6) is -1.16. The maximum Gasteiger partial charge on any atom is 0.228 e. The minimum atomic E-state index is -0.439. The van der Waals surface area contributed by atoms with Gasteiger partial charge in [0.05, 0.1) is 11.6 Å². The second kappa shape index (κ2) is 8.67. The van der Waals surface area contributed by atoms with E-state index >= 15 is 0 Å². The summed E-state index contributed by atoms with van der Waals surface area (Å²) in [7, 11) is 0. The summed E-state index contributed by atoms with van der Waals surface area (Å²) in [4.78, 5) is 42.1. The van der Waals surface area contributed by atoms with Crippen LogP contribution in [-0.2, 0) is 9.59 Å². The molecule has 1 unspecified atom stereocenters. The fourth-order valence-corrected chi connectivity index (χ4v) is 4.36. The first-order valence-corrected chi connectivity index (χ1v) is 10.6. The summed E-state index contributed by atoms with van der Waals surface area (Å²) >= 11 is 6.03. The molecule has 2 aliphatic rings. The number of nitrogens with zero attached hydrogens (tertiary/aromatic N) is 3. The van der Waals surface area contributed by atoms with E-state index in [0.29, 0.717) is 54.7 Å². The predicted octanol–water partition coefficient (Wildman–Crippen LogP) is 3.38. The van der Waals surface area contributed by atoms with E-state index in [1.54, 1.807) is 46.2 Å². The summed E-state index contributed by atoms with van der Waals surface area (Å²) < 4.78 is 14.4. The van der Waals surface area contributed by atoms with Gasteiger partial charge in [0.1, 0.15) is 5.82 Å². The van der Waals surface area contributed by atoms with Gasteiger partial charge < -0.3 is 14.7 Å². The van der Waals surface area contributed by atoms with E-state index in [-0.39, 0.29) is 24.0 Å². The number of anilines is 2. The standard InChI is InChI=1S/C23H23ClFN3O3/c1-15(29)16-5-6-21(20(25)11-16)26-7-9-27(10-8-26)23(31)17-12-22(30)28(14-17)19-4-2-3-18(24)13-19/h2-6,11,13,17H,7-10,12,14H2,1H3. The zero-order chi connectivity index (χ0) is 22.1. The van der Waals surface area contributed by atoms with Gasteiger partial charge in [0.2, 0.25) is 11.8 Å². The Hall–Kier alpha value is -2.93. The number of amides is 2. The number of carbonyl (C=O) groups excluding carboxylic acids is 3. The van der Waals surface area contributed by atoms with Crippen molar-refractivity contribution < 1.29 is 18.8 Å². The molecular weight excluding hydrogens is 421 g/mol. The third-order valence-corrected chi connectivity index (χ3v) is 6.12. The van der Waals surface area contributed by atoms with Crippen LogP contribution in [0.3, 0.4) is 0 Å². The molecular formula is C23H23ClFN3O3. The van der Waals surface area contributed by atoms with Gasteiger partial charge in [0.25, 0.3) is 0 Å². The van der Waals surface area contributed by atoms with Crippen LogP contribution < -0.4 is 9.80 Å². The number of ketones is 1. The number of benzene rings is 2. The quantitative estimate of drug-likeness (QED) is 0.680. The van der Waals surface area contributed by atoms with E-state index in [9.17, 15) is 18.8 Å². The third kappa shape index (κ3) is 4.42. The summed E-state index contributed by atoms with van der Waals surface area (Å²) in [6.07, 6.45) is 0.173. The van der Waals surface area contributed by atoms with E-state index < -0.39 is 11.7 Å². The van der Waals surface area contributed by atoms with Gasteiger partial charge in [-0.2, -0.15) is 0 Å². The Labute approximate surface area is 185 Å². The lowest BCUT2D eigenvalue weighted by Crippen LogP contribution is -2.51. The Morgan fingerprint density at radius 2 is 1.81 bits per heavy atom. The highest BCUT2D eigenvalue weighted by molar-refractivity contribution is 6.31. The molecule has 8 heteroatoms. The zero-order valence-electron chi connectivity index (χ0n) is 17.2. The molecule has 162 valence electrons. The predicted molar refractivity (Wildman–Crippen MR) is 117 cm³/mol. The van der Waals surface area contributed by atoms with Gasteiger partial charge in [-0.05, 0) is 43.3 Å². The highest BCUT2D eigenvalue weighted by atomic mass is 35.5. The number of Topliss-reactive ketones (excluding diaryl/α,β-unsaturated/α-hetero) is 1. The van der Waals surface area contributed by atoms with Crippen molar-refractivity contribution in [3.63, 3.8) is 0 Å². The molecule has 0 radical (unpaired) electrons. The average Bonchev–Trinajstić information content (AvgIpc) is 3.15. The van der Waals surface area contributed by atoms with E-state index in [2.05, 4.69) is 0 Å². The Morgan fingerprint density at radius 3 is 2.45 bits per heavy atom. The van der Waals surface area contributed by atoms with Crippen LogP contribution in [0.25, 0.3) is 0 Å². The van der Waals surface area contributed by atoms with Gasteiger partial charge in [-0.3, -0.25) is 14.4 Å². The van der Waals surface area contributed by atoms with E-state index in [4.69, 9.17) is 11.6 Å². The van der Waals surface area contributed by atoms with Gasteiger partial charge >= 0.3 is 0 Å². The molecule has 2 saturated heterocycles. The highest BCUT2D eigenvalue weighted by Crippen LogP contribution is 2.29. The minimum absolute atomic E-state index is 0.0510. The van der Waals surface area contributed by atoms with E-state index in [0.717, 1.165) is 0 Å². The van der Waals surface area contributed by atoms with Gasteiger partial charge in [0.15, 0.2) is 5.78 Å². The molecule has 2 heterocycles. The van der Waals surface area contributed by atoms with Crippen molar-refractivity contribution in [2.24, 2.45) is 5.92 Å². The van der Waals surface area contributed by atoms with Gasteiger partial charge in [0, 0.05) is 55.4 Å². The Balaban J connectivity index is 1.38. The second-order valence-electron chi connectivity index (χ2n) is 7.92. The minimum Gasteiger partial charge on any atom is -0.366 e. The lowest BCUT2D eigenvalue weighted by atomic mass is 10.1. The van der Waals surface area contributed by atoms with Crippen LogP contribution in [0, 0.1) is 11.7 Å². The molecule has 2 fully saturated rings. The summed E-state index contributed by atoms with van der Waals surface area (Å²) in [6, 6.07) is 11.5. The number of halogens is 2. The molecule has 0 aliphatic carbocycles. The van der Waals surface area contributed by atoms with Crippen molar-refractivity contribution >= 4 is 40.6 Å². The first-order valence-electron chi connectivity index (χ1n) is 10.2. The van der Waals surface area contributed by atoms with E-state index in [1.807, 2.05) is 4.90 Å². The lowest BCUT2D eigenvalue weighted by Gasteiger charge is -2.37. The van der Waals surface area contributed by atoms with Crippen molar-refractivity contribution in [1.82, 2.24) is 4.90 Å². The molecule has 1 atom stereocenters. The zero-order valence-corrected chi connectivity index (χ0v) is 17.9. The normalized spacial score (nSPS) is 19.1. The molecule has 4 rings (SSSR count). The number of rotatable bonds is 4. The van der Waals surface area contributed by atoms with Crippen LogP contribution >= 0.6 is 11.6 Å². The molecule has 2 aromatic rings. The largest absolute Gasteiger partial charge is 0.366 e. The topological polar surface area (TPSA) is 60.9 Å². The molecule has 0 N–H and O–H groups in total. The molecule has 6 nitrogen and oxygen atoms in total. The maximum absolute atomic E-state index is 14.4. The van der Waals surface area contributed by atoms with Gasteiger partial charge in [-0.15, -0.1) is 0 Å². The Bertz CT molecular complexity index is 1040. The Kier molecular flexibility index (Phi) is 5.96. The number of carbonyl (C=O) groups is 3. The van der Waals surface area contributed by atoms with Crippen LogP contribution in [0.4, 0.5) is 15.8 Å². The lowest BCUT2D eigenvalue weighted by molar-refractivity contribution is -0.136. The molecule has 2 aromatic carbocycles. The van der Waals surface area contributed by atoms with Crippen molar-refractivity contribution in [2.45, 2.75) is 13.3 Å². The molecule has 2 amide bonds. The number of hydrogen-bond acceptors (Lipinski definition) is 4. The monoisotopic (exact) mass is 443 g/mol. The number of piperazine rings is 1. The fraction of sp³-hybridized carbons (Fsp3) is 0.348. The van der Waals surface area contributed by atoms with Crippen LogP contribution in [0.5, 0.6) is 0 Å². The SMILES string of the molecule is CC(=O)c1ccc(N2CCN(C(=O)C3CC(=O)N(c4cccc(Cl)c4)C3)CC2)c(F)c1. The van der Waals surface area contributed by atoms with Crippen LogP contribution in [-0.4, -0.2) is 55.2 Å². The maximum atomic E-state index is 14.4. The van der Waals surface area contributed by atoms with E-state index in [1.165, 1.54) is 13.0 Å². The molecule has 0 spiro atoms. The number of hydrogen-bond donors (Lipinski definition) is 0.